The van der Waals surface area contributed by atoms with Crippen LogP contribution < -0.4 is 0 Å². The van der Waals surface area contributed by atoms with Crippen molar-refractivity contribution in [1.29, 1.82) is 0 Å². The van der Waals surface area contributed by atoms with Crippen LogP contribution in [0.15, 0.2) is 5.16 Å². The number of carbonyl (C=O) groups is 1. The summed E-state index contributed by atoms with van der Waals surface area (Å²) in [5.74, 6) is 0.000230. The van der Waals surface area contributed by atoms with Gasteiger partial charge in [-0.3, -0.25) is 4.79 Å². The summed E-state index contributed by atoms with van der Waals surface area (Å²) in [5.41, 5.74) is 1.02. The maximum absolute atomic E-state index is 11.5. The molecule has 1 heterocycles. The van der Waals surface area contributed by atoms with Crippen LogP contribution >= 0.6 is 0 Å². The molecule has 0 radical (unpaired) electrons. The lowest BCUT2D eigenvalue weighted by Gasteiger charge is -2.13. The molecule has 1 unspecified atom stereocenters. The smallest absolute Gasteiger partial charge is 0.266 e. The van der Waals surface area contributed by atoms with E-state index in [1.165, 1.54) is 0 Å². The normalized spacial score (nSPS) is 20.2. The number of hydrogen-bond donors (Lipinski definition) is 0. The van der Waals surface area contributed by atoms with Crippen molar-refractivity contribution < 1.29 is 9.63 Å². The van der Waals surface area contributed by atoms with Gasteiger partial charge in [0.25, 0.3) is 5.91 Å². The first kappa shape index (κ1) is 11.0. The highest BCUT2D eigenvalue weighted by atomic mass is 16.6. The van der Waals surface area contributed by atoms with E-state index in [2.05, 4.69) is 12.1 Å². The minimum absolute atomic E-state index is 0.000230. The average molecular weight is 198 g/mol. The molecule has 1 atom stereocenters. The molecule has 0 fully saturated rings. The van der Waals surface area contributed by atoms with Crippen molar-refractivity contribution in [3.05, 3.63) is 0 Å². The predicted octanol–water partition coefficient (Wildman–Crippen LogP) is 1.41. The summed E-state index contributed by atoms with van der Waals surface area (Å²) in [6, 6.07) is 0. The molecule has 0 bridgehead atoms. The van der Waals surface area contributed by atoms with Gasteiger partial charge in [0.15, 0.2) is 0 Å². The summed E-state index contributed by atoms with van der Waals surface area (Å²) >= 11 is 0. The van der Waals surface area contributed by atoms with Gasteiger partial charge in [-0.15, -0.1) is 0 Å². The van der Waals surface area contributed by atoms with Crippen molar-refractivity contribution in [2.75, 3.05) is 14.1 Å². The highest BCUT2D eigenvalue weighted by Crippen LogP contribution is 2.15. The quantitative estimate of drug-likeness (QED) is 0.685. The van der Waals surface area contributed by atoms with Crippen molar-refractivity contribution in [3.63, 3.8) is 0 Å². The summed E-state index contributed by atoms with van der Waals surface area (Å²) in [6.07, 6.45) is 3.50. The van der Waals surface area contributed by atoms with Gasteiger partial charge in [-0.1, -0.05) is 18.5 Å². The van der Waals surface area contributed by atoms with E-state index in [4.69, 9.17) is 4.84 Å². The molecule has 1 aliphatic rings. The monoisotopic (exact) mass is 198 g/mol. The van der Waals surface area contributed by atoms with E-state index in [1.807, 2.05) is 0 Å². The Kier molecular flexibility index (Phi) is 3.92. The summed E-state index contributed by atoms with van der Waals surface area (Å²) in [5, 5.41) is 3.93. The molecular formula is C10H18N2O2. The van der Waals surface area contributed by atoms with Crippen molar-refractivity contribution in [2.24, 2.45) is 5.16 Å². The number of amides is 1. The molecule has 0 aromatic heterocycles. The van der Waals surface area contributed by atoms with Gasteiger partial charge in [0.05, 0.1) is 5.71 Å². The Morgan fingerprint density at radius 1 is 1.64 bits per heavy atom. The topological polar surface area (TPSA) is 41.9 Å². The van der Waals surface area contributed by atoms with E-state index in [1.54, 1.807) is 19.0 Å². The van der Waals surface area contributed by atoms with Gasteiger partial charge < -0.3 is 9.74 Å². The summed E-state index contributed by atoms with van der Waals surface area (Å²) in [4.78, 5) is 18.1. The average Bonchev–Trinajstić information content (AvgIpc) is 2.61. The second-order valence-corrected chi connectivity index (χ2v) is 3.79. The van der Waals surface area contributed by atoms with Crippen LogP contribution in [0.25, 0.3) is 0 Å². The third-order valence-corrected chi connectivity index (χ3v) is 2.27. The molecule has 0 saturated heterocycles. The number of hydrogen-bond acceptors (Lipinski definition) is 3. The Morgan fingerprint density at radius 3 is 2.93 bits per heavy atom. The highest BCUT2D eigenvalue weighted by Gasteiger charge is 2.28. The Morgan fingerprint density at radius 2 is 2.36 bits per heavy atom. The molecule has 1 rings (SSSR count). The minimum Gasteiger partial charge on any atom is -0.382 e. The molecule has 0 N–H and O–H groups in total. The Hall–Kier alpha value is -1.06. The number of carbonyl (C=O) groups excluding carboxylic acids is 1. The zero-order valence-corrected chi connectivity index (χ0v) is 9.12. The van der Waals surface area contributed by atoms with Gasteiger partial charge in [0, 0.05) is 20.5 Å². The van der Waals surface area contributed by atoms with E-state index in [0.29, 0.717) is 6.42 Å². The van der Waals surface area contributed by atoms with Crippen molar-refractivity contribution in [2.45, 2.75) is 38.7 Å². The first-order valence-corrected chi connectivity index (χ1v) is 5.08. The largest absolute Gasteiger partial charge is 0.382 e. The molecule has 4 nitrogen and oxygen atoms in total. The molecule has 0 aliphatic carbocycles. The lowest BCUT2D eigenvalue weighted by Crippen LogP contribution is -2.33. The second-order valence-electron chi connectivity index (χ2n) is 3.79. The summed E-state index contributed by atoms with van der Waals surface area (Å²) in [7, 11) is 3.46. The van der Waals surface area contributed by atoms with Gasteiger partial charge in [-0.05, 0) is 12.8 Å². The maximum atomic E-state index is 11.5. The SMILES string of the molecule is CCCCC1=NOC(C(=O)N(C)C)C1. The third kappa shape index (κ3) is 2.72. The zero-order chi connectivity index (χ0) is 10.6. The van der Waals surface area contributed by atoms with Crippen molar-refractivity contribution in [1.82, 2.24) is 4.90 Å². The molecule has 0 saturated carbocycles. The highest BCUT2D eigenvalue weighted by molar-refractivity contribution is 5.92. The van der Waals surface area contributed by atoms with Crippen LogP contribution in [0.4, 0.5) is 0 Å². The molecule has 80 valence electrons. The second kappa shape index (κ2) is 4.98. The molecule has 4 heteroatoms. The fourth-order valence-electron chi connectivity index (χ4n) is 1.38. The number of likely N-dealkylation sites (N-methyl/N-ethyl adjacent to an activating group) is 1. The van der Waals surface area contributed by atoms with Gasteiger partial charge >= 0.3 is 0 Å². The predicted molar refractivity (Wildman–Crippen MR) is 55.1 cm³/mol. The molecule has 14 heavy (non-hydrogen) atoms. The van der Waals surface area contributed by atoms with E-state index in [0.717, 1.165) is 25.0 Å². The number of oxime groups is 1. The molecule has 1 amide bonds. The van der Waals surface area contributed by atoms with Gasteiger partial charge in [-0.2, -0.15) is 0 Å². The third-order valence-electron chi connectivity index (χ3n) is 2.27. The lowest BCUT2D eigenvalue weighted by atomic mass is 10.1. The van der Waals surface area contributed by atoms with Gasteiger partial charge in [0.1, 0.15) is 0 Å². The molecule has 0 aromatic rings. The van der Waals surface area contributed by atoms with Crippen LogP contribution in [0.2, 0.25) is 0 Å². The van der Waals surface area contributed by atoms with Gasteiger partial charge in [0.2, 0.25) is 6.10 Å². The number of nitrogens with zero attached hydrogens (tertiary/aromatic N) is 2. The van der Waals surface area contributed by atoms with Crippen LogP contribution in [-0.2, 0) is 9.63 Å². The minimum atomic E-state index is -0.378. The van der Waals surface area contributed by atoms with E-state index in [9.17, 15) is 4.79 Å². The van der Waals surface area contributed by atoms with Gasteiger partial charge in [-0.25, -0.2) is 0 Å². The Bertz CT molecular complexity index is 236. The number of unbranched alkanes of at least 4 members (excludes halogenated alkanes) is 1. The molecular weight excluding hydrogens is 180 g/mol. The van der Waals surface area contributed by atoms with E-state index < -0.39 is 0 Å². The number of rotatable bonds is 4. The van der Waals surface area contributed by atoms with Crippen LogP contribution in [0.5, 0.6) is 0 Å². The fourth-order valence-corrected chi connectivity index (χ4v) is 1.38. The van der Waals surface area contributed by atoms with Crippen LogP contribution in [0, 0.1) is 0 Å². The first-order chi connectivity index (χ1) is 6.65. The Balaban J connectivity index is 2.34. The van der Waals surface area contributed by atoms with E-state index >= 15 is 0 Å². The maximum Gasteiger partial charge on any atom is 0.266 e. The van der Waals surface area contributed by atoms with Crippen molar-refractivity contribution >= 4 is 11.6 Å². The molecule has 0 spiro atoms. The first-order valence-electron chi connectivity index (χ1n) is 5.08. The summed E-state index contributed by atoms with van der Waals surface area (Å²) < 4.78 is 0. The molecule has 1 aliphatic heterocycles. The Labute approximate surface area is 84.9 Å². The lowest BCUT2D eigenvalue weighted by molar-refractivity contribution is -0.139. The van der Waals surface area contributed by atoms with Crippen LogP contribution in [0.1, 0.15) is 32.6 Å². The standard InChI is InChI=1S/C10H18N2O2/c1-4-5-6-8-7-9(14-11-8)10(13)12(2)3/h9H,4-7H2,1-3H3. The summed E-state index contributed by atoms with van der Waals surface area (Å²) in [6.45, 7) is 2.14. The van der Waals surface area contributed by atoms with E-state index in [-0.39, 0.29) is 12.0 Å². The zero-order valence-electron chi connectivity index (χ0n) is 9.12. The molecule has 0 aromatic carbocycles. The van der Waals surface area contributed by atoms with Crippen molar-refractivity contribution in [3.8, 4) is 0 Å². The fraction of sp³-hybridized carbons (Fsp3) is 0.800. The van der Waals surface area contributed by atoms with Crippen LogP contribution in [-0.4, -0.2) is 36.7 Å². The van der Waals surface area contributed by atoms with Crippen LogP contribution in [0.3, 0.4) is 0 Å².